The summed E-state index contributed by atoms with van der Waals surface area (Å²) in [5, 5.41) is 2.65. The number of hydrogen-bond acceptors (Lipinski definition) is 4. The van der Waals surface area contributed by atoms with Crippen LogP contribution in [-0.4, -0.2) is 30.1 Å². The molecular weight excluding hydrogens is 220 g/mol. The first-order valence-electron chi connectivity index (χ1n) is 5.88. The average Bonchev–Trinajstić information content (AvgIpc) is 2.24. The maximum Gasteiger partial charge on any atom is 0.221 e. The van der Waals surface area contributed by atoms with E-state index in [-0.39, 0.29) is 36.9 Å². The second-order valence-electron chi connectivity index (χ2n) is 4.60. The molecule has 0 aromatic heterocycles. The summed E-state index contributed by atoms with van der Waals surface area (Å²) in [6, 6.07) is -0.449. The van der Waals surface area contributed by atoms with Crippen molar-refractivity contribution in [2.75, 3.05) is 6.54 Å². The van der Waals surface area contributed by atoms with E-state index in [0.29, 0.717) is 12.3 Å². The lowest BCUT2D eigenvalue weighted by molar-refractivity contribution is -0.128. The molecule has 0 heterocycles. The Bertz CT molecular complexity index is 287. The molecule has 0 fully saturated rings. The first-order chi connectivity index (χ1) is 7.86. The Morgan fingerprint density at radius 2 is 1.76 bits per heavy atom. The quantitative estimate of drug-likeness (QED) is 0.645. The smallest absolute Gasteiger partial charge is 0.221 e. The fraction of sp³-hybridized carbons (Fsp3) is 0.750. The van der Waals surface area contributed by atoms with Crippen molar-refractivity contribution in [3.8, 4) is 0 Å². The molecule has 0 aliphatic rings. The maximum absolute atomic E-state index is 11.5. The van der Waals surface area contributed by atoms with Gasteiger partial charge in [0.15, 0.2) is 5.78 Å². The minimum atomic E-state index is -0.449. The average molecular weight is 242 g/mol. The van der Waals surface area contributed by atoms with Crippen LogP contribution in [0.2, 0.25) is 0 Å². The Labute approximate surface area is 102 Å². The normalized spacial score (nSPS) is 12.3. The van der Waals surface area contributed by atoms with Crippen LogP contribution in [-0.2, 0) is 14.4 Å². The number of rotatable bonds is 8. The van der Waals surface area contributed by atoms with Crippen molar-refractivity contribution in [2.24, 2.45) is 11.7 Å². The molecule has 0 aliphatic heterocycles. The molecule has 0 aliphatic carbocycles. The van der Waals surface area contributed by atoms with Gasteiger partial charge >= 0.3 is 0 Å². The lowest BCUT2D eigenvalue weighted by Gasteiger charge is -2.17. The van der Waals surface area contributed by atoms with Crippen LogP contribution in [0, 0.1) is 5.92 Å². The Hall–Kier alpha value is -1.23. The van der Waals surface area contributed by atoms with Gasteiger partial charge in [-0.2, -0.15) is 0 Å². The van der Waals surface area contributed by atoms with Crippen LogP contribution in [0.5, 0.6) is 0 Å². The highest BCUT2D eigenvalue weighted by Crippen LogP contribution is 2.06. The van der Waals surface area contributed by atoms with E-state index in [2.05, 4.69) is 5.32 Å². The fourth-order valence-electron chi connectivity index (χ4n) is 1.42. The predicted molar refractivity (Wildman–Crippen MR) is 65.4 cm³/mol. The van der Waals surface area contributed by atoms with Gasteiger partial charge in [0.2, 0.25) is 5.91 Å². The summed E-state index contributed by atoms with van der Waals surface area (Å²) in [6.45, 7) is 5.38. The molecular formula is C12H22N2O3. The van der Waals surface area contributed by atoms with Gasteiger partial charge in [-0.15, -0.1) is 0 Å². The van der Waals surface area contributed by atoms with Crippen LogP contribution in [0.1, 0.15) is 40.0 Å². The van der Waals surface area contributed by atoms with E-state index in [1.807, 2.05) is 13.8 Å². The number of nitrogens with one attached hydrogen (secondary N) is 1. The number of nitrogens with two attached hydrogens (primary N) is 1. The largest absolute Gasteiger partial charge is 0.346 e. The molecule has 0 aromatic rings. The van der Waals surface area contributed by atoms with Crippen molar-refractivity contribution in [3.63, 3.8) is 0 Å². The van der Waals surface area contributed by atoms with Gasteiger partial charge in [-0.05, 0) is 19.3 Å². The van der Waals surface area contributed by atoms with Crippen molar-refractivity contribution in [2.45, 2.75) is 46.1 Å². The first-order valence-corrected chi connectivity index (χ1v) is 5.88. The van der Waals surface area contributed by atoms with Crippen molar-refractivity contribution < 1.29 is 14.4 Å². The van der Waals surface area contributed by atoms with Crippen molar-refractivity contribution in [1.29, 1.82) is 0 Å². The molecule has 0 aromatic carbocycles. The van der Waals surface area contributed by atoms with Crippen LogP contribution in [0.15, 0.2) is 0 Å². The topological polar surface area (TPSA) is 89.3 Å². The molecule has 0 unspecified atom stereocenters. The lowest BCUT2D eigenvalue weighted by atomic mass is 10.0. The van der Waals surface area contributed by atoms with Crippen LogP contribution in [0.3, 0.4) is 0 Å². The van der Waals surface area contributed by atoms with Crippen molar-refractivity contribution >= 4 is 17.5 Å². The molecule has 0 saturated heterocycles. The van der Waals surface area contributed by atoms with Crippen LogP contribution in [0.25, 0.3) is 0 Å². The number of carbonyl (C=O) groups excluding carboxylic acids is 3. The molecule has 0 spiro atoms. The summed E-state index contributed by atoms with van der Waals surface area (Å²) in [5.41, 5.74) is 5.14. The van der Waals surface area contributed by atoms with E-state index in [0.717, 1.165) is 0 Å². The minimum absolute atomic E-state index is 0.0462. The predicted octanol–water partition coefficient (Wildman–Crippen LogP) is 0.414. The standard InChI is InChI=1S/C12H22N2O3/c1-8(2)6-11(9(3)15)14-12(17)5-4-10(16)7-13/h8,11H,4-7,13H2,1-3H3,(H,14,17)/t11-/m0/s1. The van der Waals surface area contributed by atoms with Gasteiger partial charge in [0.05, 0.1) is 12.6 Å². The Kier molecular flexibility index (Phi) is 7.37. The summed E-state index contributed by atoms with van der Waals surface area (Å²) < 4.78 is 0. The van der Waals surface area contributed by atoms with Gasteiger partial charge in [0, 0.05) is 12.8 Å². The number of carbonyl (C=O) groups is 3. The molecule has 17 heavy (non-hydrogen) atoms. The van der Waals surface area contributed by atoms with E-state index in [1.54, 1.807) is 0 Å². The molecule has 1 atom stereocenters. The van der Waals surface area contributed by atoms with Crippen LogP contribution in [0.4, 0.5) is 0 Å². The highest BCUT2D eigenvalue weighted by Gasteiger charge is 2.18. The van der Waals surface area contributed by atoms with E-state index in [4.69, 9.17) is 5.73 Å². The van der Waals surface area contributed by atoms with E-state index in [9.17, 15) is 14.4 Å². The summed E-state index contributed by atoms with van der Waals surface area (Å²) >= 11 is 0. The Morgan fingerprint density at radius 3 is 2.18 bits per heavy atom. The third kappa shape index (κ3) is 7.63. The lowest BCUT2D eigenvalue weighted by Crippen LogP contribution is -2.40. The summed E-state index contributed by atoms with van der Waals surface area (Å²) in [6.07, 6.45) is 0.846. The van der Waals surface area contributed by atoms with E-state index >= 15 is 0 Å². The molecule has 5 heteroatoms. The number of hydrogen-bond donors (Lipinski definition) is 2. The molecule has 0 rings (SSSR count). The maximum atomic E-state index is 11.5. The monoisotopic (exact) mass is 242 g/mol. The third-order valence-electron chi connectivity index (χ3n) is 2.39. The molecule has 0 saturated carbocycles. The zero-order valence-electron chi connectivity index (χ0n) is 10.8. The number of ketones is 2. The Balaban J connectivity index is 4.13. The summed E-state index contributed by atoms with van der Waals surface area (Å²) in [7, 11) is 0. The van der Waals surface area contributed by atoms with Gasteiger partial charge in [-0.1, -0.05) is 13.8 Å². The highest BCUT2D eigenvalue weighted by atomic mass is 16.2. The number of amides is 1. The Morgan fingerprint density at radius 1 is 1.18 bits per heavy atom. The second kappa shape index (κ2) is 7.95. The minimum Gasteiger partial charge on any atom is -0.346 e. The number of Topliss-reactive ketones (excluding diaryl/α,β-unsaturated/α-hetero) is 2. The van der Waals surface area contributed by atoms with Gasteiger partial charge < -0.3 is 11.1 Å². The zero-order chi connectivity index (χ0) is 13.4. The second-order valence-corrected chi connectivity index (χ2v) is 4.60. The van der Waals surface area contributed by atoms with Crippen molar-refractivity contribution in [3.05, 3.63) is 0 Å². The van der Waals surface area contributed by atoms with Gasteiger partial charge in [-0.3, -0.25) is 14.4 Å². The first kappa shape index (κ1) is 15.8. The third-order valence-corrected chi connectivity index (χ3v) is 2.39. The fourth-order valence-corrected chi connectivity index (χ4v) is 1.42. The summed E-state index contributed by atoms with van der Waals surface area (Å²) in [4.78, 5) is 33.8. The highest BCUT2D eigenvalue weighted by molar-refractivity contribution is 5.89. The van der Waals surface area contributed by atoms with Crippen LogP contribution < -0.4 is 11.1 Å². The van der Waals surface area contributed by atoms with Gasteiger partial charge in [0.1, 0.15) is 5.78 Å². The molecule has 3 N–H and O–H groups in total. The zero-order valence-corrected chi connectivity index (χ0v) is 10.8. The van der Waals surface area contributed by atoms with E-state index < -0.39 is 6.04 Å². The summed E-state index contributed by atoms with van der Waals surface area (Å²) in [5.74, 6) is -0.150. The van der Waals surface area contributed by atoms with Crippen LogP contribution >= 0.6 is 0 Å². The SMILES string of the molecule is CC(=O)[C@H](CC(C)C)NC(=O)CCC(=O)CN. The molecule has 5 nitrogen and oxygen atoms in total. The molecule has 1 amide bonds. The molecule has 0 bridgehead atoms. The molecule has 0 radical (unpaired) electrons. The van der Waals surface area contributed by atoms with Gasteiger partial charge in [-0.25, -0.2) is 0 Å². The van der Waals surface area contributed by atoms with E-state index in [1.165, 1.54) is 6.92 Å². The van der Waals surface area contributed by atoms with Gasteiger partial charge in [0.25, 0.3) is 0 Å². The van der Waals surface area contributed by atoms with Crippen molar-refractivity contribution in [1.82, 2.24) is 5.32 Å². The molecule has 98 valence electrons.